The summed E-state index contributed by atoms with van der Waals surface area (Å²) in [5.41, 5.74) is 0.741. The van der Waals surface area contributed by atoms with Gasteiger partial charge in [-0.05, 0) is 34.0 Å². The molecule has 2 heterocycles. The fraction of sp³-hybridized carbons (Fsp3) is 0.0833. The molecule has 0 spiro atoms. The lowest BCUT2D eigenvalue weighted by molar-refractivity contribution is 0.100. The van der Waals surface area contributed by atoms with Gasteiger partial charge in [0.1, 0.15) is 0 Å². The number of fused-ring (bicyclic) bond motifs is 1. The number of Topliss-reactive ketones (excluding diaryl/α,β-unsaturated/α-hetero) is 1. The van der Waals surface area contributed by atoms with Gasteiger partial charge in [0.25, 0.3) is 0 Å². The lowest BCUT2D eigenvalue weighted by Gasteiger charge is -2.03. The number of carbonyl (C=O) groups is 1. The summed E-state index contributed by atoms with van der Waals surface area (Å²) in [6.45, 7) is 1.44. The number of hydrogen-bond acceptors (Lipinski definition) is 5. The van der Waals surface area contributed by atoms with Crippen LogP contribution in [0.15, 0.2) is 36.7 Å². The summed E-state index contributed by atoms with van der Waals surface area (Å²) in [4.78, 5) is 15.5. The summed E-state index contributed by atoms with van der Waals surface area (Å²) >= 11 is 0. The Kier molecular flexibility index (Phi) is 2.33. The number of benzene rings is 1. The minimum Gasteiger partial charge on any atom is -0.291 e. The first kappa shape index (κ1) is 10.5. The zero-order valence-corrected chi connectivity index (χ0v) is 9.61. The molecule has 6 heteroatoms. The van der Waals surface area contributed by atoms with Crippen molar-refractivity contribution < 1.29 is 4.79 Å². The number of carbonyl (C=O) groups excluding carboxylic acids is 1. The Hall–Kier alpha value is -2.63. The molecule has 0 aliphatic carbocycles. The van der Waals surface area contributed by atoms with E-state index >= 15 is 0 Å². The predicted molar refractivity (Wildman–Crippen MR) is 64.5 cm³/mol. The monoisotopic (exact) mass is 239 g/mol. The highest BCUT2D eigenvalue weighted by Crippen LogP contribution is 2.17. The molecular weight excluding hydrogens is 230 g/mol. The third kappa shape index (κ3) is 1.64. The number of ketones is 1. The van der Waals surface area contributed by atoms with Crippen molar-refractivity contribution in [1.82, 2.24) is 25.2 Å². The number of aromatic nitrogens is 5. The molecule has 0 unspecified atom stereocenters. The molecule has 18 heavy (non-hydrogen) atoms. The maximum Gasteiger partial charge on any atom is 0.222 e. The number of pyridine rings is 1. The van der Waals surface area contributed by atoms with E-state index in [4.69, 9.17) is 0 Å². The Morgan fingerprint density at radius 2 is 2.11 bits per heavy atom. The van der Waals surface area contributed by atoms with Crippen LogP contribution in [0.5, 0.6) is 0 Å². The fourth-order valence-corrected chi connectivity index (χ4v) is 1.78. The highest BCUT2D eigenvalue weighted by molar-refractivity contribution is 5.91. The minimum atomic E-state index is -0.175. The minimum absolute atomic E-state index is 0.175. The van der Waals surface area contributed by atoms with E-state index in [1.807, 2.05) is 24.3 Å². The van der Waals surface area contributed by atoms with Crippen molar-refractivity contribution in [3.05, 3.63) is 42.5 Å². The van der Waals surface area contributed by atoms with Gasteiger partial charge in [-0.3, -0.25) is 9.78 Å². The Balaban J connectivity index is 2.19. The van der Waals surface area contributed by atoms with Gasteiger partial charge in [0.05, 0.1) is 5.69 Å². The Morgan fingerprint density at radius 3 is 2.94 bits per heavy atom. The molecule has 0 amide bonds. The standard InChI is InChI=1S/C12H9N5O/c1-8(18)12-14-15-16-17(12)11-3-2-9-4-5-13-7-10(9)6-11/h2-7H,1H3. The molecule has 1 aromatic carbocycles. The molecule has 0 saturated heterocycles. The zero-order valence-electron chi connectivity index (χ0n) is 9.61. The summed E-state index contributed by atoms with van der Waals surface area (Å²) in [5, 5.41) is 13.1. The van der Waals surface area contributed by atoms with Crippen molar-refractivity contribution in [2.45, 2.75) is 6.92 Å². The molecule has 0 aliphatic heterocycles. The largest absolute Gasteiger partial charge is 0.291 e. The van der Waals surface area contributed by atoms with Crippen LogP contribution in [0.1, 0.15) is 17.5 Å². The van der Waals surface area contributed by atoms with Gasteiger partial charge in [0.15, 0.2) is 5.78 Å². The molecule has 88 valence electrons. The van der Waals surface area contributed by atoms with Gasteiger partial charge < -0.3 is 0 Å². The van der Waals surface area contributed by atoms with Gasteiger partial charge in [-0.25, -0.2) is 0 Å². The van der Waals surface area contributed by atoms with E-state index in [1.165, 1.54) is 11.6 Å². The molecule has 6 nitrogen and oxygen atoms in total. The van der Waals surface area contributed by atoms with E-state index in [2.05, 4.69) is 20.5 Å². The average Bonchev–Trinajstić information content (AvgIpc) is 2.87. The van der Waals surface area contributed by atoms with Crippen molar-refractivity contribution >= 4 is 16.6 Å². The predicted octanol–water partition coefficient (Wildman–Crippen LogP) is 1.41. The number of nitrogens with zero attached hydrogens (tertiary/aromatic N) is 5. The molecule has 3 aromatic rings. The quantitative estimate of drug-likeness (QED) is 0.632. The van der Waals surface area contributed by atoms with Crippen molar-refractivity contribution in [2.75, 3.05) is 0 Å². The maximum atomic E-state index is 11.4. The van der Waals surface area contributed by atoms with E-state index in [1.54, 1.807) is 12.4 Å². The van der Waals surface area contributed by atoms with Crippen LogP contribution < -0.4 is 0 Å². The first-order valence-corrected chi connectivity index (χ1v) is 5.39. The fourth-order valence-electron chi connectivity index (χ4n) is 1.78. The van der Waals surface area contributed by atoms with Crippen LogP contribution in [0.3, 0.4) is 0 Å². The van der Waals surface area contributed by atoms with Crippen LogP contribution in [0, 0.1) is 0 Å². The van der Waals surface area contributed by atoms with Crippen LogP contribution in [0.4, 0.5) is 0 Å². The lowest BCUT2D eigenvalue weighted by atomic mass is 10.1. The summed E-state index contributed by atoms with van der Waals surface area (Å²) in [6, 6.07) is 7.62. The van der Waals surface area contributed by atoms with Gasteiger partial charge in [-0.1, -0.05) is 6.07 Å². The Bertz CT molecular complexity index is 734. The third-order valence-electron chi connectivity index (χ3n) is 2.65. The van der Waals surface area contributed by atoms with Gasteiger partial charge in [-0.15, -0.1) is 5.10 Å². The molecule has 0 radical (unpaired) electrons. The topological polar surface area (TPSA) is 73.6 Å². The number of tetrazole rings is 1. The summed E-state index contributed by atoms with van der Waals surface area (Å²) in [7, 11) is 0. The molecule has 0 aliphatic rings. The molecule has 0 N–H and O–H groups in total. The van der Waals surface area contributed by atoms with Crippen LogP contribution >= 0.6 is 0 Å². The third-order valence-corrected chi connectivity index (χ3v) is 2.65. The van der Waals surface area contributed by atoms with Crippen LogP contribution in [-0.2, 0) is 0 Å². The first-order valence-electron chi connectivity index (χ1n) is 5.39. The smallest absolute Gasteiger partial charge is 0.222 e. The molecule has 0 bridgehead atoms. The second-order valence-electron chi connectivity index (χ2n) is 3.88. The van der Waals surface area contributed by atoms with Crippen molar-refractivity contribution in [3.8, 4) is 5.69 Å². The van der Waals surface area contributed by atoms with E-state index in [0.717, 1.165) is 16.5 Å². The SMILES string of the molecule is CC(=O)c1nnnn1-c1ccc2ccncc2c1. The van der Waals surface area contributed by atoms with Gasteiger partial charge in [0.2, 0.25) is 5.82 Å². The van der Waals surface area contributed by atoms with Crippen LogP contribution in [0.2, 0.25) is 0 Å². The van der Waals surface area contributed by atoms with Crippen molar-refractivity contribution in [1.29, 1.82) is 0 Å². The summed E-state index contributed by atoms with van der Waals surface area (Å²) < 4.78 is 1.43. The van der Waals surface area contributed by atoms with E-state index in [9.17, 15) is 4.79 Å². The molecule has 3 rings (SSSR count). The lowest BCUT2D eigenvalue weighted by Crippen LogP contribution is -2.07. The normalized spacial score (nSPS) is 10.7. The summed E-state index contributed by atoms with van der Waals surface area (Å²) in [6.07, 6.45) is 3.50. The van der Waals surface area contributed by atoms with Crippen LogP contribution in [0.25, 0.3) is 16.5 Å². The molecule has 0 saturated carbocycles. The Morgan fingerprint density at radius 1 is 1.22 bits per heavy atom. The average molecular weight is 239 g/mol. The first-order chi connectivity index (χ1) is 8.75. The van der Waals surface area contributed by atoms with Crippen LogP contribution in [-0.4, -0.2) is 31.0 Å². The molecule has 0 fully saturated rings. The summed E-state index contributed by atoms with van der Waals surface area (Å²) in [5.74, 6) is 0.0459. The highest BCUT2D eigenvalue weighted by atomic mass is 16.1. The van der Waals surface area contributed by atoms with E-state index < -0.39 is 0 Å². The zero-order chi connectivity index (χ0) is 12.5. The molecule has 2 aromatic heterocycles. The van der Waals surface area contributed by atoms with Crippen molar-refractivity contribution in [3.63, 3.8) is 0 Å². The number of hydrogen-bond donors (Lipinski definition) is 0. The van der Waals surface area contributed by atoms with Crippen molar-refractivity contribution in [2.24, 2.45) is 0 Å². The Labute approximate surface area is 102 Å². The van der Waals surface area contributed by atoms with Gasteiger partial charge in [0, 0.05) is 24.7 Å². The van der Waals surface area contributed by atoms with Gasteiger partial charge in [-0.2, -0.15) is 4.68 Å². The molecule has 0 atom stereocenters. The van der Waals surface area contributed by atoms with E-state index in [-0.39, 0.29) is 11.6 Å². The van der Waals surface area contributed by atoms with Gasteiger partial charge >= 0.3 is 0 Å². The molecular formula is C12H9N5O. The second kappa shape index (κ2) is 3.99. The number of rotatable bonds is 2. The van der Waals surface area contributed by atoms with E-state index in [0.29, 0.717) is 0 Å². The second-order valence-corrected chi connectivity index (χ2v) is 3.88. The maximum absolute atomic E-state index is 11.4. The highest BCUT2D eigenvalue weighted by Gasteiger charge is 2.12.